The van der Waals surface area contributed by atoms with E-state index in [9.17, 15) is 0 Å². The molecule has 0 radical (unpaired) electrons. The average molecular weight is 173 g/mol. The lowest BCUT2D eigenvalue weighted by atomic mass is 10.2. The highest BCUT2D eigenvalue weighted by molar-refractivity contribution is 5.74. The van der Waals surface area contributed by atoms with E-state index in [0.717, 1.165) is 16.7 Å². The molecule has 2 aromatic rings. The first-order valence-electron chi connectivity index (χ1n) is 4.13. The average Bonchev–Trinajstić information content (AvgIpc) is 2.63. The Kier molecular flexibility index (Phi) is 1.87. The normalized spacial score (nSPS) is 13.0. The van der Waals surface area contributed by atoms with E-state index in [1.54, 1.807) is 6.08 Å². The van der Waals surface area contributed by atoms with E-state index in [4.69, 9.17) is 5.73 Å². The Balaban J connectivity index is 2.53. The van der Waals surface area contributed by atoms with Gasteiger partial charge in [-0.15, -0.1) is 6.58 Å². The van der Waals surface area contributed by atoms with Crippen molar-refractivity contribution in [3.8, 4) is 0 Å². The number of rotatable bonds is 2. The van der Waals surface area contributed by atoms with E-state index in [-0.39, 0.29) is 6.04 Å². The highest BCUT2D eigenvalue weighted by Crippen LogP contribution is 2.14. The third kappa shape index (κ3) is 1.34. The summed E-state index contributed by atoms with van der Waals surface area (Å²) in [5.74, 6) is 0. The summed E-state index contributed by atoms with van der Waals surface area (Å²) in [6, 6.07) is 5.63. The van der Waals surface area contributed by atoms with Gasteiger partial charge < -0.3 is 10.7 Å². The van der Waals surface area contributed by atoms with E-state index in [1.807, 2.05) is 24.4 Å². The zero-order chi connectivity index (χ0) is 9.26. The fraction of sp³-hybridized carbons (Fsp3) is 0.100. The maximum absolute atomic E-state index is 5.76. The quantitative estimate of drug-likeness (QED) is 0.680. The molecule has 0 spiro atoms. The first kappa shape index (κ1) is 8.01. The minimum atomic E-state index is -0.181. The van der Waals surface area contributed by atoms with Crippen molar-refractivity contribution < 1.29 is 0 Å². The standard InChI is InChI=1S/C10H11N3/c1-2-7(11)8-3-4-9-10(13-8)5-6-12-9/h2-7,12H,1,11H2. The van der Waals surface area contributed by atoms with Gasteiger partial charge in [-0.05, 0) is 18.2 Å². The molecule has 0 aliphatic heterocycles. The molecule has 3 N–H and O–H groups in total. The molecule has 13 heavy (non-hydrogen) atoms. The number of aromatic amines is 1. The van der Waals surface area contributed by atoms with Crippen LogP contribution in [0.5, 0.6) is 0 Å². The van der Waals surface area contributed by atoms with Gasteiger partial charge in [-0.25, -0.2) is 4.98 Å². The second kappa shape index (κ2) is 3.03. The summed E-state index contributed by atoms with van der Waals surface area (Å²) in [4.78, 5) is 7.45. The van der Waals surface area contributed by atoms with E-state index in [2.05, 4.69) is 16.5 Å². The predicted octanol–water partition coefficient (Wildman–Crippen LogP) is 1.75. The summed E-state index contributed by atoms with van der Waals surface area (Å²) in [7, 11) is 0. The minimum absolute atomic E-state index is 0.181. The Morgan fingerprint density at radius 3 is 3.08 bits per heavy atom. The zero-order valence-electron chi connectivity index (χ0n) is 7.20. The second-order valence-electron chi connectivity index (χ2n) is 2.91. The van der Waals surface area contributed by atoms with Crippen molar-refractivity contribution in [2.24, 2.45) is 5.73 Å². The molecule has 66 valence electrons. The fourth-order valence-corrected chi connectivity index (χ4v) is 1.26. The predicted molar refractivity (Wildman–Crippen MR) is 53.2 cm³/mol. The fourth-order valence-electron chi connectivity index (χ4n) is 1.26. The number of aromatic nitrogens is 2. The molecule has 0 amide bonds. The van der Waals surface area contributed by atoms with E-state index in [0.29, 0.717) is 0 Å². The van der Waals surface area contributed by atoms with Gasteiger partial charge in [-0.3, -0.25) is 0 Å². The van der Waals surface area contributed by atoms with Crippen LogP contribution in [0.25, 0.3) is 11.0 Å². The summed E-state index contributed by atoms with van der Waals surface area (Å²) < 4.78 is 0. The van der Waals surface area contributed by atoms with Crippen molar-refractivity contribution in [1.82, 2.24) is 9.97 Å². The number of nitrogens with two attached hydrogens (primary N) is 1. The van der Waals surface area contributed by atoms with Crippen LogP contribution in [0.4, 0.5) is 0 Å². The largest absolute Gasteiger partial charge is 0.360 e. The van der Waals surface area contributed by atoms with Gasteiger partial charge in [0.15, 0.2) is 0 Å². The molecule has 2 heterocycles. The lowest BCUT2D eigenvalue weighted by Gasteiger charge is -2.04. The topological polar surface area (TPSA) is 54.7 Å². The maximum Gasteiger partial charge on any atom is 0.0882 e. The Morgan fingerprint density at radius 2 is 2.31 bits per heavy atom. The molecule has 0 aliphatic rings. The van der Waals surface area contributed by atoms with Crippen LogP contribution in [0, 0.1) is 0 Å². The third-order valence-electron chi connectivity index (χ3n) is 2.02. The van der Waals surface area contributed by atoms with Gasteiger partial charge in [-0.1, -0.05) is 6.08 Å². The van der Waals surface area contributed by atoms with Gasteiger partial charge in [0.1, 0.15) is 0 Å². The Morgan fingerprint density at radius 1 is 1.46 bits per heavy atom. The van der Waals surface area contributed by atoms with Crippen molar-refractivity contribution in [2.45, 2.75) is 6.04 Å². The van der Waals surface area contributed by atoms with Crippen LogP contribution in [-0.4, -0.2) is 9.97 Å². The summed E-state index contributed by atoms with van der Waals surface area (Å²) in [5, 5.41) is 0. The van der Waals surface area contributed by atoms with E-state index < -0.39 is 0 Å². The number of nitrogens with zero attached hydrogens (tertiary/aromatic N) is 1. The first-order valence-corrected chi connectivity index (χ1v) is 4.13. The van der Waals surface area contributed by atoms with Crippen molar-refractivity contribution in [1.29, 1.82) is 0 Å². The van der Waals surface area contributed by atoms with Gasteiger partial charge >= 0.3 is 0 Å². The Bertz CT molecular complexity index is 430. The molecule has 2 aromatic heterocycles. The van der Waals surface area contributed by atoms with Crippen LogP contribution in [-0.2, 0) is 0 Å². The molecule has 3 heteroatoms. The molecule has 0 bridgehead atoms. The number of fused-ring (bicyclic) bond motifs is 1. The van der Waals surface area contributed by atoms with Crippen molar-refractivity contribution >= 4 is 11.0 Å². The highest BCUT2D eigenvalue weighted by atomic mass is 14.8. The minimum Gasteiger partial charge on any atom is -0.360 e. The Labute approximate surface area is 76.3 Å². The molecule has 1 unspecified atom stereocenters. The zero-order valence-corrected chi connectivity index (χ0v) is 7.20. The number of hydrogen-bond donors (Lipinski definition) is 2. The van der Waals surface area contributed by atoms with Crippen molar-refractivity contribution in [3.05, 3.63) is 42.7 Å². The molecule has 0 aliphatic carbocycles. The van der Waals surface area contributed by atoms with E-state index >= 15 is 0 Å². The molecule has 2 rings (SSSR count). The first-order chi connectivity index (χ1) is 6.31. The summed E-state index contributed by atoms with van der Waals surface area (Å²) in [6.45, 7) is 3.63. The summed E-state index contributed by atoms with van der Waals surface area (Å²) in [6.07, 6.45) is 3.54. The number of nitrogens with one attached hydrogen (secondary N) is 1. The molecule has 0 fully saturated rings. The van der Waals surface area contributed by atoms with Gasteiger partial charge in [0.05, 0.1) is 22.8 Å². The molecular weight excluding hydrogens is 162 g/mol. The van der Waals surface area contributed by atoms with Crippen LogP contribution < -0.4 is 5.73 Å². The van der Waals surface area contributed by atoms with Crippen molar-refractivity contribution in [2.75, 3.05) is 0 Å². The number of hydrogen-bond acceptors (Lipinski definition) is 2. The van der Waals surface area contributed by atoms with E-state index in [1.165, 1.54) is 0 Å². The summed E-state index contributed by atoms with van der Waals surface area (Å²) >= 11 is 0. The van der Waals surface area contributed by atoms with Crippen LogP contribution >= 0.6 is 0 Å². The van der Waals surface area contributed by atoms with Crippen LogP contribution in [0.3, 0.4) is 0 Å². The van der Waals surface area contributed by atoms with Crippen LogP contribution in [0.1, 0.15) is 11.7 Å². The molecule has 0 saturated heterocycles. The van der Waals surface area contributed by atoms with Gasteiger partial charge in [0.25, 0.3) is 0 Å². The number of pyridine rings is 1. The van der Waals surface area contributed by atoms with Gasteiger partial charge in [0, 0.05) is 6.20 Å². The smallest absolute Gasteiger partial charge is 0.0882 e. The van der Waals surface area contributed by atoms with Crippen LogP contribution in [0.2, 0.25) is 0 Å². The second-order valence-corrected chi connectivity index (χ2v) is 2.91. The third-order valence-corrected chi connectivity index (χ3v) is 2.02. The Hall–Kier alpha value is -1.61. The molecule has 1 atom stereocenters. The van der Waals surface area contributed by atoms with Gasteiger partial charge in [-0.2, -0.15) is 0 Å². The highest BCUT2D eigenvalue weighted by Gasteiger charge is 2.03. The van der Waals surface area contributed by atoms with Crippen LogP contribution in [0.15, 0.2) is 37.1 Å². The SMILES string of the molecule is C=CC(N)c1ccc2[nH]ccc2n1. The lowest BCUT2D eigenvalue weighted by Crippen LogP contribution is -2.08. The lowest BCUT2D eigenvalue weighted by molar-refractivity contribution is 0.873. The molecule has 3 nitrogen and oxygen atoms in total. The maximum atomic E-state index is 5.76. The monoisotopic (exact) mass is 173 g/mol. The summed E-state index contributed by atoms with van der Waals surface area (Å²) in [5.41, 5.74) is 8.58. The molecule has 0 saturated carbocycles. The molecular formula is C10H11N3. The van der Waals surface area contributed by atoms with Gasteiger partial charge in [0.2, 0.25) is 0 Å². The number of H-pyrrole nitrogens is 1. The molecule has 0 aromatic carbocycles. The van der Waals surface area contributed by atoms with Crippen molar-refractivity contribution in [3.63, 3.8) is 0 Å².